The first-order chi connectivity index (χ1) is 9.56. The van der Waals surface area contributed by atoms with Gasteiger partial charge in [-0.25, -0.2) is 0 Å². The molecule has 0 fully saturated rings. The monoisotopic (exact) mass is 268 g/mol. The molecule has 0 unspecified atom stereocenters. The van der Waals surface area contributed by atoms with Crippen LogP contribution >= 0.6 is 0 Å². The van der Waals surface area contributed by atoms with E-state index >= 15 is 0 Å². The van der Waals surface area contributed by atoms with Gasteiger partial charge < -0.3 is 9.47 Å². The fourth-order valence-electron chi connectivity index (χ4n) is 1.91. The molecule has 0 atom stereocenters. The zero-order valence-corrected chi connectivity index (χ0v) is 11.8. The first-order valence-electron chi connectivity index (χ1n) is 6.24. The number of benzene rings is 1. The Bertz CT molecular complexity index is 631. The number of rotatable bonds is 4. The van der Waals surface area contributed by atoms with Crippen LogP contribution in [0.15, 0.2) is 42.7 Å². The van der Waals surface area contributed by atoms with E-state index in [0.717, 1.165) is 5.56 Å². The summed E-state index contributed by atoms with van der Waals surface area (Å²) in [5, 5.41) is 8.99. The standard InChI is InChI=1S/C16H16N2O2/c1-16(2,13-6-8-18-9-7-13)20-15-10-12(11-17)4-5-14(15)19-3/h4-10H,1-3H3. The minimum Gasteiger partial charge on any atom is -0.493 e. The second kappa shape index (κ2) is 5.62. The number of nitrogens with zero attached hydrogens (tertiary/aromatic N) is 2. The molecule has 20 heavy (non-hydrogen) atoms. The quantitative estimate of drug-likeness (QED) is 0.854. The second-order valence-electron chi connectivity index (χ2n) is 4.83. The second-order valence-corrected chi connectivity index (χ2v) is 4.83. The highest BCUT2D eigenvalue weighted by Crippen LogP contribution is 2.34. The third-order valence-electron chi connectivity index (χ3n) is 3.03. The van der Waals surface area contributed by atoms with Crippen LogP contribution in [0.4, 0.5) is 0 Å². The van der Waals surface area contributed by atoms with Crippen LogP contribution in [0.2, 0.25) is 0 Å². The number of nitriles is 1. The first kappa shape index (κ1) is 13.9. The summed E-state index contributed by atoms with van der Waals surface area (Å²) >= 11 is 0. The first-order valence-corrected chi connectivity index (χ1v) is 6.24. The summed E-state index contributed by atoms with van der Waals surface area (Å²) in [6, 6.07) is 11.0. The molecule has 1 heterocycles. The van der Waals surface area contributed by atoms with Gasteiger partial charge in [0, 0.05) is 18.5 Å². The third kappa shape index (κ3) is 2.89. The topological polar surface area (TPSA) is 55.1 Å². The van der Waals surface area contributed by atoms with Gasteiger partial charge in [-0.05, 0) is 43.7 Å². The zero-order valence-electron chi connectivity index (χ0n) is 11.8. The molecule has 1 aromatic heterocycles. The summed E-state index contributed by atoms with van der Waals surface area (Å²) in [6.07, 6.45) is 3.45. The Kier molecular flexibility index (Phi) is 3.90. The van der Waals surface area contributed by atoms with E-state index in [1.807, 2.05) is 26.0 Å². The van der Waals surface area contributed by atoms with E-state index in [9.17, 15) is 0 Å². The molecular formula is C16H16N2O2. The highest BCUT2D eigenvalue weighted by molar-refractivity contribution is 5.47. The average Bonchev–Trinajstić information content (AvgIpc) is 2.47. The fourth-order valence-corrected chi connectivity index (χ4v) is 1.91. The number of methoxy groups -OCH3 is 1. The van der Waals surface area contributed by atoms with Gasteiger partial charge in [-0.2, -0.15) is 5.26 Å². The Hall–Kier alpha value is -2.54. The maximum atomic E-state index is 8.99. The average molecular weight is 268 g/mol. The van der Waals surface area contributed by atoms with Crippen molar-refractivity contribution >= 4 is 0 Å². The molecule has 0 saturated carbocycles. The zero-order chi connectivity index (χ0) is 14.6. The molecule has 4 nitrogen and oxygen atoms in total. The van der Waals surface area contributed by atoms with Crippen LogP contribution < -0.4 is 9.47 Å². The SMILES string of the molecule is COc1ccc(C#N)cc1OC(C)(C)c1ccncc1. The van der Waals surface area contributed by atoms with Crippen LogP contribution in [-0.4, -0.2) is 12.1 Å². The number of pyridine rings is 1. The van der Waals surface area contributed by atoms with Crippen molar-refractivity contribution in [2.24, 2.45) is 0 Å². The van der Waals surface area contributed by atoms with Crippen LogP contribution in [0.1, 0.15) is 25.0 Å². The summed E-state index contributed by atoms with van der Waals surface area (Å²) in [4.78, 5) is 4.00. The van der Waals surface area contributed by atoms with E-state index in [-0.39, 0.29) is 0 Å². The predicted octanol–water partition coefficient (Wildman–Crippen LogP) is 3.28. The summed E-state index contributed by atoms with van der Waals surface area (Å²) in [5.41, 5.74) is 0.979. The number of hydrogen-bond acceptors (Lipinski definition) is 4. The van der Waals surface area contributed by atoms with Crippen LogP contribution in [0.5, 0.6) is 11.5 Å². The predicted molar refractivity (Wildman–Crippen MR) is 75.6 cm³/mol. The molecule has 2 rings (SSSR count). The molecule has 0 aliphatic carbocycles. The molecule has 0 spiro atoms. The van der Waals surface area contributed by atoms with Crippen molar-refractivity contribution in [2.75, 3.05) is 7.11 Å². The highest BCUT2D eigenvalue weighted by Gasteiger charge is 2.24. The van der Waals surface area contributed by atoms with Crippen LogP contribution in [0.3, 0.4) is 0 Å². The molecule has 2 aromatic rings. The van der Waals surface area contributed by atoms with Gasteiger partial charge in [-0.3, -0.25) is 4.98 Å². The number of ether oxygens (including phenoxy) is 2. The molecule has 0 aliphatic heterocycles. The maximum absolute atomic E-state index is 8.99. The van der Waals surface area contributed by atoms with Crippen molar-refractivity contribution in [1.82, 2.24) is 4.98 Å². The van der Waals surface area contributed by atoms with E-state index in [4.69, 9.17) is 14.7 Å². The van der Waals surface area contributed by atoms with E-state index in [1.54, 1.807) is 37.7 Å². The van der Waals surface area contributed by atoms with Crippen molar-refractivity contribution in [3.63, 3.8) is 0 Å². The Morgan fingerprint density at radius 2 is 1.80 bits per heavy atom. The summed E-state index contributed by atoms with van der Waals surface area (Å²) in [6.45, 7) is 3.92. The Morgan fingerprint density at radius 1 is 1.10 bits per heavy atom. The maximum Gasteiger partial charge on any atom is 0.163 e. The summed E-state index contributed by atoms with van der Waals surface area (Å²) in [7, 11) is 1.58. The van der Waals surface area contributed by atoms with E-state index < -0.39 is 5.60 Å². The lowest BCUT2D eigenvalue weighted by atomic mass is 9.99. The van der Waals surface area contributed by atoms with Gasteiger partial charge in [0.05, 0.1) is 18.7 Å². The summed E-state index contributed by atoms with van der Waals surface area (Å²) in [5.74, 6) is 1.15. The molecular weight excluding hydrogens is 252 g/mol. The van der Waals surface area contributed by atoms with Crippen LogP contribution in [-0.2, 0) is 5.60 Å². The number of aromatic nitrogens is 1. The van der Waals surface area contributed by atoms with Crippen LogP contribution in [0.25, 0.3) is 0 Å². The molecule has 0 saturated heterocycles. The lowest BCUT2D eigenvalue weighted by molar-refractivity contribution is 0.104. The van der Waals surface area contributed by atoms with Gasteiger partial charge in [0.25, 0.3) is 0 Å². The van der Waals surface area contributed by atoms with E-state index in [2.05, 4.69) is 11.1 Å². The highest BCUT2D eigenvalue weighted by atomic mass is 16.5. The molecule has 102 valence electrons. The van der Waals surface area contributed by atoms with Gasteiger partial charge in [0.15, 0.2) is 11.5 Å². The van der Waals surface area contributed by atoms with E-state index in [1.165, 1.54) is 0 Å². The molecule has 0 amide bonds. The third-order valence-corrected chi connectivity index (χ3v) is 3.03. The molecule has 1 aromatic carbocycles. The molecule has 0 bridgehead atoms. The van der Waals surface area contributed by atoms with Gasteiger partial charge in [-0.15, -0.1) is 0 Å². The fraction of sp³-hybridized carbons (Fsp3) is 0.250. The lowest BCUT2D eigenvalue weighted by Crippen LogP contribution is -2.25. The van der Waals surface area contributed by atoms with Gasteiger partial charge in [0.1, 0.15) is 5.60 Å². The van der Waals surface area contributed by atoms with Crippen molar-refractivity contribution in [1.29, 1.82) is 5.26 Å². The van der Waals surface area contributed by atoms with Crippen molar-refractivity contribution in [3.8, 4) is 17.6 Å². The van der Waals surface area contributed by atoms with Crippen molar-refractivity contribution < 1.29 is 9.47 Å². The molecule has 0 radical (unpaired) electrons. The van der Waals surface area contributed by atoms with Gasteiger partial charge >= 0.3 is 0 Å². The lowest BCUT2D eigenvalue weighted by Gasteiger charge is -2.27. The Morgan fingerprint density at radius 3 is 2.40 bits per heavy atom. The minimum absolute atomic E-state index is 0.534. The van der Waals surface area contributed by atoms with Crippen LogP contribution in [0, 0.1) is 11.3 Å². The van der Waals surface area contributed by atoms with E-state index in [0.29, 0.717) is 17.1 Å². The molecule has 0 aliphatic rings. The normalized spacial score (nSPS) is 10.7. The van der Waals surface area contributed by atoms with Crippen molar-refractivity contribution in [3.05, 3.63) is 53.9 Å². The Balaban J connectivity index is 2.36. The minimum atomic E-state index is -0.551. The molecule has 4 heteroatoms. The summed E-state index contributed by atoms with van der Waals surface area (Å²) < 4.78 is 11.3. The number of hydrogen-bond donors (Lipinski definition) is 0. The smallest absolute Gasteiger partial charge is 0.163 e. The van der Waals surface area contributed by atoms with Crippen molar-refractivity contribution in [2.45, 2.75) is 19.4 Å². The molecule has 0 N–H and O–H groups in total. The van der Waals surface area contributed by atoms with Gasteiger partial charge in [-0.1, -0.05) is 0 Å². The Labute approximate surface area is 118 Å². The largest absolute Gasteiger partial charge is 0.493 e. The van der Waals surface area contributed by atoms with Gasteiger partial charge in [0.2, 0.25) is 0 Å².